The molecule has 0 unspecified atom stereocenters. The van der Waals surface area contributed by atoms with Crippen molar-refractivity contribution >= 4 is 11.6 Å². The van der Waals surface area contributed by atoms with Crippen molar-refractivity contribution in [2.45, 2.75) is 44.9 Å². The summed E-state index contributed by atoms with van der Waals surface area (Å²) in [6, 6.07) is 16.7. The van der Waals surface area contributed by atoms with Gasteiger partial charge < -0.3 is 20.5 Å². The average Bonchev–Trinajstić information content (AvgIpc) is 2.74. The van der Waals surface area contributed by atoms with Gasteiger partial charge in [0.2, 0.25) is 0 Å². The molecular weight excluding hydrogens is 362 g/mol. The Kier molecular flexibility index (Phi) is 7.15. The largest absolute Gasteiger partial charge is 0.494 e. The molecule has 3 rings (SSSR count). The predicted octanol–water partition coefficient (Wildman–Crippen LogP) is 4.68. The molecule has 5 nitrogen and oxygen atoms in total. The number of nitrogens with two attached hydrogens (primary N) is 1. The van der Waals surface area contributed by atoms with Crippen LogP contribution >= 0.6 is 0 Å². The van der Waals surface area contributed by atoms with Gasteiger partial charge >= 0.3 is 0 Å². The Morgan fingerprint density at radius 2 is 1.90 bits per heavy atom. The molecule has 0 atom stereocenters. The zero-order valence-corrected chi connectivity index (χ0v) is 17.8. The number of guanidine groups is 1. The summed E-state index contributed by atoms with van der Waals surface area (Å²) in [5.41, 5.74) is 9.69. The van der Waals surface area contributed by atoms with Crippen molar-refractivity contribution in [1.29, 1.82) is 0 Å². The number of nitrogens with one attached hydrogen (secondary N) is 1. The Labute approximate surface area is 174 Å². The van der Waals surface area contributed by atoms with Gasteiger partial charge in [0.15, 0.2) is 5.96 Å². The SMILES string of the molecule is CCOc1ccc(C2(CN=C(N)Nc3cccc(C(C)C)c3)CCOCC2)cc1. The van der Waals surface area contributed by atoms with Gasteiger partial charge in [0.05, 0.1) is 13.2 Å². The Morgan fingerprint density at radius 3 is 2.55 bits per heavy atom. The van der Waals surface area contributed by atoms with E-state index in [1.165, 1.54) is 11.1 Å². The lowest BCUT2D eigenvalue weighted by molar-refractivity contribution is 0.0531. The van der Waals surface area contributed by atoms with Crippen LogP contribution in [-0.2, 0) is 10.2 Å². The summed E-state index contributed by atoms with van der Waals surface area (Å²) in [6.45, 7) is 9.15. The van der Waals surface area contributed by atoms with Crippen LogP contribution in [-0.4, -0.2) is 32.3 Å². The highest BCUT2D eigenvalue weighted by Gasteiger charge is 2.34. The molecule has 0 amide bonds. The molecule has 1 aliphatic rings. The van der Waals surface area contributed by atoms with Gasteiger partial charge in [0.25, 0.3) is 0 Å². The van der Waals surface area contributed by atoms with E-state index in [-0.39, 0.29) is 5.41 Å². The van der Waals surface area contributed by atoms with Gasteiger partial charge in [0, 0.05) is 24.3 Å². The molecule has 0 aromatic heterocycles. The van der Waals surface area contributed by atoms with Crippen molar-refractivity contribution in [3.8, 4) is 5.75 Å². The second-order valence-electron chi connectivity index (χ2n) is 7.96. The maximum absolute atomic E-state index is 6.24. The van der Waals surface area contributed by atoms with Gasteiger partial charge in [-0.25, -0.2) is 0 Å². The number of anilines is 1. The van der Waals surface area contributed by atoms with Crippen LogP contribution < -0.4 is 15.8 Å². The number of nitrogens with zero attached hydrogens (tertiary/aromatic N) is 1. The minimum atomic E-state index is -0.0604. The van der Waals surface area contributed by atoms with E-state index in [0.29, 0.717) is 25.0 Å². The molecule has 1 aliphatic heterocycles. The minimum absolute atomic E-state index is 0.0604. The molecule has 29 heavy (non-hydrogen) atoms. The first kappa shape index (κ1) is 21.2. The molecule has 5 heteroatoms. The smallest absolute Gasteiger partial charge is 0.193 e. The van der Waals surface area contributed by atoms with Gasteiger partial charge in [0.1, 0.15) is 5.75 Å². The number of rotatable bonds is 7. The van der Waals surface area contributed by atoms with Crippen LogP contribution in [0.5, 0.6) is 5.75 Å². The third kappa shape index (κ3) is 5.51. The van der Waals surface area contributed by atoms with Crippen LogP contribution in [0, 0.1) is 0 Å². The summed E-state index contributed by atoms with van der Waals surface area (Å²) in [5.74, 6) is 1.82. The molecule has 1 saturated heterocycles. The lowest BCUT2D eigenvalue weighted by Crippen LogP contribution is -2.38. The van der Waals surface area contributed by atoms with E-state index in [1.54, 1.807) is 0 Å². The highest BCUT2D eigenvalue weighted by atomic mass is 16.5. The summed E-state index contributed by atoms with van der Waals surface area (Å²) in [7, 11) is 0. The van der Waals surface area contributed by atoms with E-state index in [1.807, 2.05) is 31.2 Å². The number of hydrogen-bond acceptors (Lipinski definition) is 3. The molecule has 2 aromatic rings. The zero-order chi connectivity index (χ0) is 20.7. The Bertz CT molecular complexity index is 809. The lowest BCUT2D eigenvalue weighted by atomic mass is 9.74. The van der Waals surface area contributed by atoms with E-state index in [9.17, 15) is 0 Å². The quantitative estimate of drug-likeness (QED) is 0.527. The van der Waals surface area contributed by atoms with E-state index in [4.69, 9.17) is 20.2 Å². The number of ether oxygens (including phenoxy) is 2. The molecule has 1 heterocycles. The van der Waals surface area contributed by atoms with Crippen molar-refractivity contribution in [1.82, 2.24) is 0 Å². The van der Waals surface area contributed by atoms with Crippen LogP contribution in [0.25, 0.3) is 0 Å². The summed E-state index contributed by atoms with van der Waals surface area (Å²) in [6.07, 6.45) is 1.86. The second kappa shape index (κ2) is 9.79. The molecule has 1 fully saturated rings. The predicted molar refractivity (Wildman–Crippen MR) is 120 cm³/mol. The van der Waals surface area contributed by atoms with Gasteiger partial charge in [-0.3, -0.25) is 4.99 Å². The van der Waals surface area contributed by atoms with Gasteiger partial charge in [-0.15, -0.1) is 0 Å². The standard InChI is InChI=1S/C24H33N3O2/c1-4-29-22-10-8-20(9-11-22)24(12-14-28-15-13-24)17-26-23(25)27-21-7-5-6-19(16-21)18(2)3/h5-11,16,18H,4,12-15,17H2,1-3H3,(H3,25,26,27). The average molecular weight is 396 g/mol. The molecule has 0 spiro atoms. The van der Waals surface area contributed by atoms with E-state index in [2.05, 4.69) is 43.4 Å². The Hall–Kier alpha value is -2.53. The highest BCUT2D eigenvalue weighted by molar-refractivity contribution is 5.92. The molecule has 0 saturated carbocycles. The van der Waals surface area contributed by atoms with Crippen LogP contribution in [0.3, 0.4) is 0 Å². The molecule has 156 valence electrons. The summed E-state index contributed by atoms with van der Waals surface area (Å²) >= 11 is 0. The van der Waals surface area contributed by atoms with Crippen LogP contribution in [0.4, 0.5) is 5.69 Å². The van der Waals surface area contributed by atoms with Gasteiger partial charge in [-0.2, -0.15) is 0 Å². The van der Waals surface area contributed by atoms with Crippen molar-refractivity contribution in [2.75, 3.05) is 31.7 Å². The first-order chi connectivity index (χ1) is 14.0. The van der Waals surface area contributed by atoms with Crippen LogP contribution in [0.1, 0.15) is 50.7 Å². The van der Waals surface area contributed by atoms with Crippen molar-refractivity contribution in [3.63, 3.8) is 0 Å². The van der Waals surface area contributed by atoms with Gasteiger partial charge in [-0.05, 0) is 61.1 Å². The third-order valence-corrected chi connectivity index (χ3v) is 5.61. The first-order valence-electron chi connectivity index (χ1n) is 10.5. The summed E-state index contributed by atoms with van der Waals surface area (Å²) < 4.78 is 11.2. The number of hydrogen-bond donors (Lipinski definition) is 2. The summed E-state index contributed by atoms with van der Waals surface area (Å²) in [5, 5.41) is 3.25. The topological polar surface area (TPSA) is 68.9 Å². The molecule has 3 N–H and O–H groups in total. The molecular formula is C24H33N3O2. The fourth-order valence-electron chi connectivity index (χ4n) is 3.77. The van der Waals surface area contributed by atoms with E-state index in [0.717, 1.165) is 37.5 Å². The molecule has 2 aromatic carbocycles. The van der Waals surface area contributed by atoms with Crippen LogP contribution in [0.15, 0.2) is 53.5 Å². The Balaban J connectivity index is 1.75. The zero-order valence-electron chi connectivity index (χ0n) is 17.8. The molecule has 0 radical (unpaired) electrons. The van der Waals surface area contributed by atoms with E-state index < -0.39 is 0 Å². The monoisotopic (exact) mass is 395 g/mol. The first-order valence-corrected chi connectivity index (χ1v) is 10.5. The minimum Gasteiger partial charge on any atom is -0.494 e. The highest BCUT2D eigenvalue weighted by Crippen LogP contribution is 2.36. The Morgan fingerprint density at radius 1 is 1.17 bits per heavy atom. The molecule has 0 bridgehead atoms. The fourth-order valence-corrected chi connectivity index (χ4v) is 3.77. The van der Waals surface area contributed by atoms with Crippen molar-refractivity contribution in [2.24, 2.45) is 10.7 Å². The van der Waals surface area contributed by atoms with Crippen molar-refractivity contribution in [3.05, 3.63) is 59.7 Å². The molecule has 0 aliphatic carbocycles. The van der Waals surface area contributed by atoms with E-state index >= 15 is 0 Å². The lowest BCUT2D eigenvalue weighted by Gasteiger charge is -2.36. The maximum atomic E-state index is 6.24. The van der Waals surface area contributed by atoms with Crippen LogP contribution in [0.2, 0.25) is 0 Å². The number of benzene rings is 2. The number of aliphatic imine (C=N–C) groups is 1. The summed E-state index contributed by atoms with van der Waals surface area (Å²) in [4.78, 5) is 4.72. The van der Waals surface area contributed by atoms with Gasteiger partial charge in [-0.1, -0.05) is 38.1 Å². The normalized spacial score (nSPS) is 16.6. The third-order valence-electron chi connectivity index (χ3n) is 5.61. The maximum Gasteiger partial charge on any atom is 0.193 e. The fraction of sp³-hybridized carbons (Fsp3) is 0.458. The van der Waals surface area contributed by atoms with Crippen molar-refractivity contribution < 1.29 is 9.47 Å². The second-order valence-corrected chi connectivity index (χ2v) is 7.96.